The fraction of sp³-hybridized carbons (Fsp3) is 0.667. The largest absolute Gasteiger partial charge is 0.481 e. The Labute approximate surface area is 124 Å². The Morgan fingerprint density at radius 1 is 1.38 bits per heavy atom. The van der Waals surface area contributed by atoms with Crippen molar-refractivity contribution in [3.05, 3.63) is 18.2 Å². The summed E-state index contributed by atoms with van der Waals surface area (Å²) in [5, 5.41) is 9.53. The van der Waals surface area contributed by atoms with Crippen molar-refractivity contribution in [2.24, 2.45) is 12.5 Å². The van der Waals surface area contributed by atoms with Crippen LogP contribution in [0, 0.1) is 5.41 Å². The van der Waals surface area contributed by atoms with Gasteiger partial charge in [-0.05, 0) is 12.8 Å². The summed E-state index contributed by atoms with van der Waals surface area (Å²) in [6, 6.07) is 0. The molecule has 0 radical (unpaired) electrons. The quantitative estimate of drug-likeness (QED) is 0.898. The number of carbonyl (C=O) groups excluding carboxylic acids is 1. The predicted octanol–water partition coefficient (Wildman–Crippen LogP) is 1.80. The van der Waals surface area contributed by atoms with Crippen molar-refractivity contribution in [2.75, 3.05) is 7.05 Å². The summed E-state index contributed by atoms with van der Waals surface area (Å²) >= 11 is 0. The molecule has 116 valence electrons. The first-order valence-electron chi connectivity index (χ1n) is 7.38. The highest BCUT2D eigenvalue weighted by Gasteiger charge is 2.42. The molecule has 0 aliphatic heterocycles. The molecular weight excluding hydrogens is 270 g/mol. The number of hydrogen-bond acceptors (Lipinski definition) is 3. The topological polar surface area (TPSA) is 75.4 Å². The Hall–Kier alpha value is -1.85. The summed E-state index contributed by atoms with van der Waals surface area (Å²) in [5.74, 6) is -0.165. The van der Waals surface area contributed by atoms with Gasteiger partial charge in [0.1, 0.15) is 5.82 Å². The highest BCUT2D eigenvalue weighted by atomic mass is 16.4. The molecule has 0 spiro atoms. The summed E-state index contributed by atoms with van der Waals surface area (Å²) in [7, 11) is 3.58. The predicted molar refractivity (Wildman–Crippen MR) is 77.5 cm³/mol. The number of nitrogens with zero attached hydrogens (tertiary/aromatic N) is 3. The Balaban J connectivity index is 2.01. The van der Waals surface area contributed by atoms with E-state index in [1.165, 1.54) is 0 Å². The molecular formula is C15H23N3O3. The lowest BCUT2D eigenvalue weighted by Gasteiger charge is -2.33. The lowest BCUT2D eigenvalue weighted by atomic mass is 9.71. The molecule has 1 saturated carbocycles. The first-order valence-corrected chi connectivity index (χ1v) is 7.38. The standard InChI is InChI=1S/C15H23N3O3/c1-17-9-8-16-12(17)11-18(2)13(19)10-15(14(20)21)6-4-3-5-7-15/h8-9H,3-7,10-11H2,1-2H3,(H,20,21). The maximum Gasteiger partial charge on any atom is 0.310 e. The van der Waals surface area contributed by atoms with E-state index in [0.29, 0.717) is 19.4 Å². The van der Waals surface area contributed by atoms with Crippen molar-refractivity contribution in [1.29, 1.82) is 0 Å². The summed E-state index contributed by atoms with van der Waals surface area (Å²) in [6.45, 7) is 0.401. The lowest BCUT2D eigenvalue weighted by molar-refractivity contribution is -0.155. The Bertz CT molecular complexity index is 518. The molecule has 6 nitrogen and oxygen atoms in total. The number of aliphatic carboxylic acids is 1. The van der Waals surface area contributed by atoms with Crippen LogP contribution in [0.25, 0.3) is 0 Å². The monoisotopic (exact) mass is 293 g/mol. The second-order valence-corrected chi connectivity index (χ2v) is 6.03. The molecule has 1 amide bonds. The molecule has 1 N–H and O–H groups in total. The number of imidazole rings is 1. The Morgan fingerprint density at radius 3 is 2.57 bits per heavy atom. The van der Waals surface area contributed by atoms with Gasteiger partial charge in [-0.3, -0.25) is 9.59 Å². The van der Waals surface area contributed by atoms with Gasteiger partial charge in [0, 0.05) is 32.9 Å². The van der Waals surface area contributed by atoms with E-state index in [0.717, 1.165) is 25.1 Å². The molecule has 6 heteroatoms. The smallest absolute Gasteiger partial charge is 0.310 e. The third-order valence-electron chi connectivity index (χ3n) is 4.48. The Morgan fingerprint density at radius 2 is 2.05 bits per heavy atom. The number of aromatic nitrogens is 2. The number of carbonyl (C=O) groups is 2. The molecule has 0 unspecified atom stereocenters. The van der Waals surface area contributed by atoms with Gasteiger partial charge >= 0.3 is 5.97 Å². The number of aryl methyl sites for hydroxylation is 1. The molecule has 0 aromatic carbocycles. The fourth-order valence-corrected chi connectivity index (χ4v) is 2.97. The van der Waals surface area contributed by atoms with Crippen molar-refractivity contribution in [2.45, 2.75) is 45.1 Å². The van der Waals surface area contributed by atoms with E-state index in [2.05, 4.69) is 4.98 Å². The van der Waals surface area contributed by atoms with Crippen molar-refractivity contribution in [1.82, 2.24) is 14.5 Å². The molecule has 1 fully saturated rings. The molecule has 0 bridgehead atoms. The minimum Gasteiger partial charge on any atom is -0.481 e. The fourth-order valence-electron chi connectivity index (χ4n) is 2.97. The maximum absolute atomic E-state index is 12.4. The van der Waals surface area contributed by atoms with Crippen molar-refractivity contribution < 1.29 is 14.7 Å². The number of carboxylic acids is 1. The van der Waals surface area contributed by atoms with Crippen LogP contribution in [0.4, 0.5) is 0 Å². The van der Waals surface area contributed by atoms with E-state index >= 15 is 0 Å². The highest BCUT2D eigenvalue weighted by molar-refractivity contribution is 5.85. The third kappa shape index (κ3) is 3.43. The van der Waals surface area contributed by atoms with Crippen LogP contribution < -0.4 is 0 Å². The zero-order chi connectivity index (χ0) is 15.5. The van der Waals surface area contributed by atoms with Gasteiger partial charge in [-0.1, -0.05) is 19.3 Å². The Kier molecular flexibility index (Phi) is 4.65. The summed E-state index contributed by atoms with van der Waals surface area (Å²) in [5.41, 5.74) is -0.870. The normalized spacial score (nSPS) is 17.4. The molecule has 1 heterocycles. The lowest BCUT2D eigenvalue weighted by Crippen LogP contribution is -2.39. The van der Waals surface area contributed by atoms with Gasteiger partial charge in [0.2, 0.25) is 5.91 Å². The second kappa shape index (κ2) is 6.28. The number of rotatable bonds is 5. The average molecular weight is 293 g/mol. The van der Waals surface area contributed by atoms with Crippen molar-refractivity contribution in [3.8, 4) is 0 Å². The molecule has 21 heavy (non-hydrogen) atoms. The number of hydrogen-bond donors (Lipinski definition) is 1. The van der Waals surface area contributed by atoms with Crippen molar-refractivity contribution in [3.63, 3.8) is 0 Å². The minimum atomic E-state index is -0.870. The van der Waals surface area contributed by atoms with E-state index in [9.17, 15) is 14.7 Å². The molecule has 1 aromatic rings. The third-order valence-corrected chi connectivity index (χ3v) is 4.48. The van der Waals surface area contributed by atoms with E-state index in [1.807, 2.05) is 17.8 Å². The van der Waals surface area contributed by atoms with Crippen LogP contribution in [0.5, 0.6) is 0 Å². The zero-order valence-electron chi connectivity index (χ0n) is 12.7. The summed E-state index contributed by atoms with van der Waals surface area (Å²) in [4.78, 5) is 29.8. The SMILES string of the molecule is CN(Cc1nccn1C)C(=O)CC1(C(=O)O)CCCCC1. The van der Waals surface area contributed by atoms with Gasteiger partial charge in [-0.25, -0.2) is 4.98 Å². The van der Waals surface area contributed by atoms with Gasteiger partial charge in [-0.2, -0.15) is 0 Å². The van der Waals surface area contributed by atoms with Crippen LogP contribution >= 0.6 is 0 Å². The van der Waals surface area contributed by atoms with Crippen LogP contribution in [0.15, 0.2) is 12.4 Å². The number of amides is 1. The molecule has 1 aliphatic rings. The van der Waals surface area contributed by atoms with Gasteiger partial charge in [-0.15, -0.1) is 0 Å². The first kappa shape index (κ1) is 15.5. The molecule has 1 aliphatic carbocycles. The van der Waals surface area contributed by atoms with Gasteiger partial charge < -0.3 is 14.6 Å². The van der Waals surface area contributed by atoms with Crippen LogP contribution in [0.3, 0.4) is 0 Å². The summed E-state index contributed by atoms with van der Waals surface area (Å²) in [6.07, 6.45) is 7.65. The maximum atomic E-state index is 12.4. The highest BCUT2D eigenvalue weighted by Crippen LogP contribution is 2.40. The van der Waals surface area contributed by atoms with Gasteiger partial charge in [0.05, 0.1) is 12.0 Å². The molecule has 0 atom stereocenters. The van der Waals surface area contributed by atoms with E-state index in [4.69, 9.17) is 0 Å². The average Bonchev–Trinajstić information content (AvgIpc) is 2.85. The number of carboxylic acid groups (broad SMARTS) is 1. The molecule has 1 aromatic heterocycles. The minimum absolute atomic E-state index is 0.0866. The zero-order valence-corrected chi connectivity index (χ0v) is 12.7. The molecule has 0 saturated heterocycles. The van der Waals surface area contributed by atoms with E-state index in [1.54, 1.807) is 18.1 Å². The second-order valence-electron chi connectivity index (χ2n) is 6.03. The summed E-state index contributed by atoms with van der Waals surface area (Å²) < 4.78 is 1.86. The van der Waals surface area contributed by atoms with Crippen LogP contribution in [-0.2, 0) is 23.2 Å². The molecule has 2 rings (SSSR count). The van der Waals surface area contributed by atoms with Gasteiger partial charge in [0.15, 0.2) is 0 Å². The first-order chi connectivity index (χ1) is 9.94. The van der Waals surface area contributed by atoms with Crippen LogP contribution in [0.1, 0.15) is 44.3 Å². The van der Waals surface area contributed by atoms with E-state index < -0.39 is 11.4 Å². The van der Waals surface area contributed by atoms with Crippen LogP contribution in [0.2, 0.25) is 0 Å². The van der Waals surface area contributed by atoms with Gasteiger partial charge in [0.25, 0.3) is 0 Å². The van der Waals surface area contributed by atoms with Crippen molar-refractivity contribution >= 4 is 11.9 Å². The van der Waals surface area contributed by atoms with Crippen LogP contribution in [-0.4, -0.2) is 38.5 Å². The van der Waals surface area contributed by atoms with E-state index in [-0.39, 0.29) is 12.3 Å².